The molecule has 0 spiro atoms. The summed E-state index contributed by atoms with van der Waals surface area (Å²) in [6, 6.07) is 5.61. The number of anilines is 1. The van der Waals surface area contributed by atoms with Crippen LogP contribution in [0.1, 0.15) is 5.56 Å². The van der Waals surface area contributed by atoms with Gasteiger partial charge in [0.05, 0.1) is 19.3 Å². The monoisotopic (exact) mass is 301 g/mol. The molecule has 0 aliphatic carbocycles. The second-order valence-corrected chi connectivity index (χ2v) is 4.26. The number of nitrogens with zero attached hydrogens (tertiary/aromatic N) is 2. The Kier molecular flexibility index (Phi) is 4.69. The van der Waals surface area contributed by atoms with Crippen molar-refractivity contribution in [1.82, 2.24) is 9.78 Å². The second-order valence-electron chi connectivity index (χ2n) is 4.26. The van der Waals surface area contributed by atoms with Crippen molar-refractivity contribution in [2.45, 2.75) is 19.5 Å². The van der Waals surface area contributed by atoms with Crippen molar-refractivity contribution >= 4 is 5.69 Å². The zero-order chi connectivity index (χ0) is 15.3. The molecule has 0 amide bonds. The molecule has 0 radical (unpaired) electrons. The first kappa shape index (κ1) is 15.2. The molecule has 2 aromatic rings. The van der Waals surface area contributed by atoms with E-state index in [1.54, 1.807) is 23.1 Å². The average molecular weight is 301 g/mol. The van der Waals surface area contributed by atoms with Crippen molar-refractivity contribution in [3.8, 4) is 5.75 Å². The number of nitrogens with one attached hydrogen (secondary N) is 1. The number of aromatic nitrogens is 2. The molecule has 114 valence electrons. The van der Waals surface area contributed by atoms with Gasteiger partial charge in [-0.2, -0.15) is 5.10 Å². The summed E-state index contributed by atoms with van der Waals surface area (Å²) in [6.45, 7) is 0.793. The number of ether oxygens (including phenoxy) is 1. The summed E-state index contributed by atoms with van der Waals surface area (Å²) < 4.78 is 41.8. The van der Waals surface area contributed by atoms with Crippen LogP contribution in [0.3, 0.4) is 0 Å². The van der Waals surface area contributed by atoms with Crippen LogP contribution in [0.5, 0.6) is 5.75 Å². The van der Waals surface area contributed by atoms with Crippen molar-refractivity contribution in [2.75, 3.05) is 11.9 Å². The fourth-order valence-electron chi connectivity index (χ4n) is 1.73. The Morgan fingerprint density at radius 1 is 1.33 bits per heavy atom. The molecule has 1 heterocycles. The van der Waals surface area contributed by atoms with Gasteiger partial charge in [-0.3, -0.25) is 4.68 Å². The molecule has 1 aromatic heterocycles. The first-order valence-electron chi connectivity index (χ1n) is 6.18. The molecule has 8 heteroatoms. The Hall–Kier alpha value is -2.22. The van der Waals surface area contributed by atoms with E-state index in [0.717, 1.165) is 5.56 Å². The van der Waals surface area contributed by atoms with Crippen LogP contribution in [-0.4, -0.2) is 27.9 Å². The molecule has 0 unspecified atom stereocenters. The van der Waals surface area contributed by atoms with E-state index in [2.05, 4.69) is 15.2 Å². The lowest BCUT2D eigenvalue weighted by Crippen LogP contribution is -2.17. The summed E-state index contributed by atoms with van der Waals surface area (Å²) in [5.41, 5.74) is 1.36. The van der Waals surface area contributed by atoms with Crippen LogP contribution >= 0.6 is 0 Å². The fraction of sp³-hybridized carbons (Fsp3) is 0.308. The number of alkyl halides is 3. The summed E-state index contributed by atoms with van der Waals surface area (Å²) in [5, 5.41) is 15.8. The van der Waals surface area contributed by atoms with E-state index in [9.17, 15) is 13.2 Å². The van der Waals surface area contributed by atoms with E-state index in [4.69, 9.17) is 5.11 Å². The molecule has 1 aromatic carbocycles. The van der Waals surface area contributed by atoms with Crippen molar-refractivity contribution < 1.29 is 23.0 Å². The van der Waals surface area contributed by atoms with Crippen molar-refractivity contribution in [3.05, 3.63) is 42.2 Å². The molecule has 2 N–H and O–H groups in total. The highest BCUT2D eigenvalue weighted by Crippen LogP contribution is 2.25. The second kappa shape index (κ2) is 6.49. The molecule has 0 aliphatic rings. The first-order chi connectivity index (χ1) is 9.96. The normalized spacial score (nSPS) is 11.4. The Morgan fingerprint density at radius 2 is 2.14 bits per heavy atom. The molecule has 0 saturated heterocycles. The Labute approximate surface area is 119 Å². The highest BCUT2D eigenvalue weighted by atomic mass is 19.4. The molecule has 2 rings (SSSR count). The molecule has 21 heavy (non-hydrogen) atoms. The van der Waals surface area contributed by atoms with Gasteiger partial charge >= 0.3 is 6.36 Å². The standard InChI is InChI=1S/C13H14F3N3O2/c14-13(15,16)21-12-3-1-2-11(6-12)17-7-10-8-18-19(9-10)4-5-20/h1-3,6,8-9,17,20H,4-5,7H2. The van der Waals surface area contributed by atoms with Gasteiger partial charge in [0.15, 0.2) is 0 Å². The highest BCUT2D eigenvalue weighted by molar-refractivity contribution is 5.48. The molecular weight excluding hydrogens is 287 g/mol. The van der Waals surface area contributed by atoms with Gasteiger partial charge in [0.1, 0.15) is 5.75 Å². The minimum atomic E-state index is -4.70. The lowest BCUT2D eigenvalue weighted by molar-refractivity contribution is -0.274. The van der Waals surface area contributed by atoms with E-state index < -0.39 is 6.36 Å². The van der Waals surface area contributed by atoms with Gasteiger partial charge in [-0.05, 0) is 12.1 Å². The number of aliphatic hydroxyl groups is 1. The predicted molar refractivity (Wildman–Crippen MR) is 69.8 cm³/mol. The van der Waals surface area contributed by atoms with Crippen LogP contribution in [0.15, 0.2) is 36.7 Å². The van der Waals surface area contributed by atoms with Gasteiger partial charge in [0.2, 0.25) is 0 Å². The molecular formula is C13H14F3N3O2. The van der Waals surface area contributed by atoms with Gasteiger partial charge in [-0.15, -0.1) is 13.2 Å². The molecule has 0 fully saturated rings. The summed E-state index contributed by atoms with van der Waals surface area (Å²) in [4.78, 5) is 0. The van der Waals surface area contributed by atoms with Crippen LogP contribution < -0.4 is 10.1 Å². The average Bonchev–Trinajstić information content (AvgIpc) is 2.83. The molecule has 0 bridgehead atoms. The molecule has 5 nitrogen and oxygen atoms in total. The Morgan fingerprint density at radius 3 is 2.86 bits per heavy atom. The molecule has 0 aliphatic heterocycles. The quantitative estimate of drug-likeness (QED) is 0.860. The zero-order valence-corrected chi connectivity index (χ0v) is 11.0. The van der Waals surface area contributed by atoms with Gasteiger partial charge in [0, 0.05) is 30.1 Å². The maximum absolute atomic E-state index is 12.1. The number of hydrogen-bond acceptors (Lipinski definition) is 4. The minimum absolute atomic E-state index is 0.00856. The topological polar surface area (TPSA) is 59.3 Å². The highest BCUT2D eigenvalue weighted by Gasteiger charge is 2.31. The SMILES string of the molecule is OCCn1cc(CNc2cccc(OC(F)(F)F)c2)cn1. The van der Waals surface area contributed by atoms with E-state index in [1.807, 2.05) is 0 Å². The first-order valence-corrected chi connectivity index (χ1v) is 6.18. The lowest BCUT2D eigenvalue weighted by atomic mass is 10.3. The van der Waals surface area contributed by atoms with E-state index in [0.29, 0.717) is 18.8 Å². The van der Waals surface area contributed by atoms with E-state index >= 15 is 0 Å². The maximum Gasteiger partial charge on any atom is 0.573 e. The van der Waals surface area contributed by atoms with Gasteiger partial charge in [-0.1, -0.05) is 6.07 Å². The third-order valence-electron chi connectivity index (χ3n) is 2.58. The predicted octanol–water partition coefficient (Wildman–Crippen LogP) is 2.39. The lowest BCUT2D eigenvalue weighted by Gasteiger charge is -2.10. The van der Waals surface area contributed by atoms with Crippen LogP contribution in [0.25, 0.3) is 0 Å². The number of halogens is 3. The van der Waals surface area contributed by atoms with E-state index in [1.165, 1.54) is 18.2 Å². The fourth-order valence-corrected chi connectivity index (χ4v) is 1.73. The maximum atomic E-state index is 12.1. The van der Waals surface area contributed by atoms with Crippen LogP contribution in [0.2, 0.25) is 0 Å². The number of hydrogen-bond donors (Lipinski definition) is 2. The number of aliphatic hydroxyl groups excluding tert-OH is 1. The third-order valence-corrected chi connectivity index (χ3v) is 2.58. The summed E-state index contributed by atoms with van der Waals surface area (Å²) >= 11 is 0. The Bertz CT molecular complexity index is 584. The van der Waals surface area contributed by atoms with Gasteiger partial charge in [-0.25, -0.2) is 0 Å². The Balaban J connectivity index is 1.94. The van der Waals surface area contributed by atoms with Gasteiger partial charge in [0.25, 0.3) is 0 Å². The number of benzene rings is 1. The van der Waals surface area contributed by atoms with Crippen LogP contribution in [0.4, 0.5) is 18.9 Å². The van der Waals surface area contributed by atoms with Crippen molar-refractivity contribution in [3.63, 3.8) is 0 Å². The third kappa shape index (κ3) is 4.99. The minimum Gasteiger partial charge on any atom is -0.406 e. The van der Waals surface area contributed by atoms with Crippen molar-refractivity contribution in [1.29, 1.82) is 0 Å². The van der Waals surface area contributed by atoms with Crippen molar-refractivity contribution in [2.24, 2.45) is 0 Å². The number of rotatable bonds is 6. The van der Waals surface area contributed by atoms with Crippen LogP contribution in [0, 0.1) is 0 Å². The molecule has 0 atom stereocenters. The molecule has 0 saturated carbocycles. The smallest absolute Gasteiger partial charge is 0.406 e. The van der Waals surface area contributed by atoms with Crippen LogP contribution in [-0.2, 0) is 13.1 Å². The summed E-state index contributed by atoms with van der Waals surface area (Å²) in [7, 11) is 0. The largest absolute Gasteiger partial charge is 0.573 e. The summed E-state index contributed by atoms with van der Waals surface area (Å²) in [6.07, 6.45) is -1.33. The zero-order valence-electron chi connectivity index (χ0n) is 11.0. The van der Waals surface area contributed by atoms with E-state index in [-0.39, 0.29) is 12.4 Å². The van der Waals surface area contributed by atoms with Gasteiger partial charge < -0.3 is 15.2 Å². The summed E-state index contributed by atoms with van der Waals surface area (Å²) in [5.74, 6) is -0.275.